The van der Waals surface area contributed by atoms with E-state index in [1.54, 1.807) is 30.2 Å². The molecule has 0 saturated heterocycles. The summed E-state index contributed by atoms with van der Waals surface area (Å²) in [5, 5.41) is 11.2. The Bertz CT molecular complexity index is 1250. The molecular formula is C22H25ClN6OS2. The standard InChI is InChI=1S/C22H25ClN6OS2/c1-12-13(2)31-21-17(12)18(24)25-19(26-21)14(3)32-22-28-27-20(29(22)10-7-11-30-4)15-8-5-6-9-16(15)23/h5-6,8-9,14H,7,10-11H2,1-4H3,(H2,24,25,26)/t14-/m1/s1. The van der Waals surface area contributed by atoms with E-state index in [0.29, 0.717) is 29.8 Å². The number of nitrogens with two attached hydrogens (primary N) is 1. The highest BCUT2D eigenvalue weighted by atomic mass is 35.5. The Balaban J connectivity index is 1.67. The maximum atomic E-state index is 6.45. The van der Waals surface area contributed by atoms with Crippen molar-refractivity contribution in [3.05, 3.63) is 45.6 Å². The third kappa shape index (κ3) is 4.47. The summed E-state index contributed by atoms with van der Waals surface area (Å²) >= 11 is 9.65. The van der Waals surface area contributed by atoms with Crippen LogP contribution in [0.25, 0.3) is 21.6 Å². The lowest BCUT2D eigenvalue weighted by atomic mass is 10.2. The number of nitrogen functional groups attached to an aromatic ring is 1. The molecule has 3 heterocycles. The molecule has 10 heteroatoms. The fourth-order valence-corrected chi connectivity index (χ4v) is 5.66. The van der Waals surface area contributed by atoms with Crippen LogP contribution in [0.1, 0.15) is 34.9 Å². The minimum Gasteiger partial charge on any atom is -0.385 e. The first kappa shape index (κ1) is 23.0. The highest BCUT2D eigenvalue weighted by Gasteiger charge is 2.22. The quantitative estimate of drug-likeness (QED) is 0.251. The van der Waals surface area contributed by atoms with Gasteiger partial charge in [0.1, 0.15) is 16.5 Å². The molecule has 0 aliphatic carbocycles. The van der Waals surface area contributed by atoms with Gasteiger partial charge in [0.15, 0.2) is 11.0 Å². The van der Waals surface area contributed by atoms with Crippen LogP contribution in [0.4, 0.5) is 5.82 Å². The van der Waals surface area contributed by atoms with Crippen LogP contribution in [-0.4, -0.2) is 38.4 Å². The number of ether oxygens (including phenoxy) is 1. The van der Waals surface area contributed by atoms with Crippen molar-refractivity contribution < 1.29 is 4.74 Å². The van der Waals surface area contributed by atoms with Gasteiger partial charge < -0.3 is 15.0 Å². The van der Waals surface area contributed by atoms with Crippen molar-refractivity contribution in [2.24, 2.45) is 0 Å². The van der Waals surface area contributed by atoms with Gasteiger partial charge in [0.05, 0.1) is 15.7 Å². The average molecular weight is 489 g/mol. The van der Waals surface area contributed by atoms with E-state index in [1.807, 2.05) is 24.3 Å². The van der Waals surface area contributed by atoms with Gasteiger partial charge in [0.25, 0.3) is 0 Å². The minimum absolute atomic E-state index is 0.0612. The molecule has 0 radical (unpaired) electrons. The topological polar surface area (TPSA) is 91.7 Å². The van der Waals surface area contributed by atoms with E-state index in [0.717, 1.165) is 38.7 Å². The molecule has 0 bridgehead atoms. The van der Waals surface area contributed by atoms with Crippen LogP contribution in [0.5, 0.6) is 0 Å². The van der Waals surface area contributed by atoms with Gasteiger partial charge in [0.2, 0.25) is 0 Å². The summed E-state index contributed by atoms with van der Waals surface area (Å²) in [5.41, 5.74) is 8.30. The van der Waals surface area contributed by atoms with Crippen molar-refractivity contribution in [2.75, 3.05) is 19.5 Å². The molecular weight excluding hydrogens is 464 g/mol. The van der Waals surface area contributed by atoms with Crippen molar-refractivity contribution in [1.29, 1.82) is 0 Å². The lowest BCUT2D eigenvalue weighted by Gasteiger charge is -2.14. The van der Waals surface area contributed by atoms with Crippen LogP contribution >= 0.6 is 34.7 Å². The van der Waals surface area contributed by atoms with Gasteiger partial charge in [-0.3, -0.25) is 0 Å². The van der Waals surface area contributed by atoms with Gasteiger partial charge in [-0.25, -0.2) is 9.97 Å². The molecule has 7 nitrogen and oxygen atoms in total. The van der Waals surface area contributed by atoms with E-state index in [2.05, 4.69) is 40.5 Å². The molecule has 0 amide bonds. The molecule has 0 spiro atoms. The second kappa shape index (κ2) is 9.74. The zero-order chi connectivity index (χ0) is 22.8. The van der Waals surface area contributed by atoms with Gasteiger partial charge in [-0.05, 0) is 44.9 Å². The lowest BCUT2D eigenvalue weighted by Crippen LogP contribution is -2.07. The number of rotatable bonds is 8. The number of aromatic nitrogens is 5. The Hall–Kier alpha value is -2.20. The summed E-state index contributed by atoms with van der Waals surface area (Å²) < 4.78 is 7.33. The fraction of sp³-hybridized carbons (Fsp3) is 0.364. The Morgan fingerprint density at radius 2 is 2.00 bits per heavy atom. The summed E-state index contributed by atoms with van der Waals surface area (Å²) in [6.07, 6.45) is 0.830. The first-order valence-electron chi connectivity index (χ1n) is 10.3. The molecule has 0 aliphatic heterocycles. The lowest BCUT2D eigenvalue weighted by molar-refractivity contribution is 0.189. The monoisotopic (exact) mass is 488 g/mol. The van der Waals surface area contributed by atoms with E-state index in [-0.39, 0.29) is 5.25 Å². The maximum absolute atomic E-state index is 6.45. The SMILES string of the molecule is COCCCn1c(S[C@H](C)c2nc(N)c3c(C)c(C)sc3n2)nnc1-c1ccccc1Cl. The Kier molecular flexibility index (Phi) is 6.99. The van der Waals surface area contributed by atoms with Crippen molar-refractivity contribution >= 4 is 50.7 Å². The average Bonchev–Trinajstić information content (AvgIpc) is 3.29. The summed E-state index contributed by atoms with van der Waals surface area (Å²) in [6, 6.07) is 7.66. The molecule has 4 aromatic rings. The smallest absolute Gasteiger partial charge is 0.192 e. The Morgan fingerprint density at radius 3 is 2.75 bits per heavy atom. The van der Waals surface area contributed by atoms with Crippen LogP contribution in [0.2, 0.25) is 5.02 Å². The van der Waals surface area contributed by atoms with Gasteiger partial charge in [0, 0.05) is 30.7 Å². The number of hydrogen-bond acceptors (Lipinski definition) is 8. The van der Waals surface area contributed by atoms with Crippen molar-refractivity contribution in [3.63, 3.8) is 0 Å². The second-order valence-electron chi connectivity index (χ2n) is 7.47. The summed E-state index contributed by atoms with van der Waals surface area (Å²) in [7, 11) is 1.70. The van der Waals surface area contributed by atoms with Crippen LogP contribution in [0.3, 0.4) is 0 Å². The first-order valence-corrected chi connectivity index (χ1v) is 12.3. The van der Waals surface area contributed by atoms with E-state index in [4.69, 9.17) is 27.1 Å². The number of thiophene rings is 1. The van der Waals surface area contributed by atoms with Gasteiger partial charge in [-0.2, -0.15) is 0 Å². The molecule has 2 N–H and O–H groups in total. The number of benzene rings is 1. The van der Waals surface area contributed by atoms with E-state index >= 15 is 0 Å². The number of aryl methyl sites for hydroxylation is 2. The molecule has 0 unspecified atom stereocenters. The van der Waals surface area contributed by atoms with Crippen LogP contribution in [0, 0.1) is 13.8 Å². The predicted molar refractivity (Wildman–Crippen MR) is 133 cm³/mol. The zero-order valence-electron chi connectivity index (χ0n) is 18.4. The highest BCUT2D eigenvalue weighted by Crippen LogP contribution is 2.38. The number of thioether (sulfide) groups is 1. The third-order valence-electron chi connectivity index (χ3n) is 5.28. The number of nitrogens with zero attached hydrogens (tertiary/aromatic N) is 5. The number of anilines is 1. The van der Waals surface area contributed by atoms with Crippen LogP contribution < -0.4 is 5.73 Å². The van der Waals surface area contributed by atoms with Crippen molar-refractivity contribution in [2.45, 2.75) is 44.1 Å². The summed E-state index contributed by atoms with van der Waals surface area (Å²) in [4.78, 5) is 11.5. The normalized spacial score (nSPS) is 12.5. The third-order valence-corrected chi connectivity index (χ3v) is 7.79. The molecule has 3 aromatic heterocycles. The molecule has 1 atom stereocenters. The molecule has 168 valence electrons. The fourth-order valence-electron chi connectivity index (χ4n) is 3.48. The molecule has 1 aromatic carbocycles. The molecule has 0 aliphatic rings. The largest absolute Gasteiger partial charge is 0.385 e. The van der Waals surface area contributed by atoms with Crippen molar-refractivity contribution in [1.82, 2.24) is 24.7 Å². The molecule has 4 rings (SSSR count). The Labute approximate surface area is 200 Å². The highest BCUT2D eigenvalue weighted by molar-refractivity contribution is 7.99. The second-order valence-corrected chi connectivity index (χ2v) is 10.4. The number of methoxy groups -OCH3 is 1. The minimum atomic E-state index is -0.0612. The molecule has 0 fully saturated rings. The van der Waals surface area contributed by atoms with Gasteiger partial charge in [-0.1, -0.05) is 35.5 Å². The first-order chi connectivity index (χ1) is 15.4. The maximum Gasteiger partial charge on any atom is 0.192 e. The van der Waals surface area contributed by atoms with Crippen LogP contribution in [0.15, 0.2) is 29.4 Å². The van der Waals surface area contributed by atoms with Gasteiger partial charge >= 0.3 is 0 Å². The zero-order valence-corrected chi connectivity index (χ0v) is 20.8. The van der Waals surface area contributed by atoms with E-state index in [1.165, 1.54) is 4.88 Å². The molecule has 0 saturated carbocycles. The Morgan fingerprint density at radius 1 is 1.22 bits per heavy atom. The van der Waals surface area contributed by atoms with E-state index < -0.39 is 0 Å². The van der Waals surface area contributed by atoms with Gasteiger partial charge in [-0.15, -0.1) is 21.5 Å². The number of halogens is 1. The predicted octanol–water partition coefficient (Wildman–Crippen LogP) is 5.69. The number of fused-ring (bicyclic) bond motifs is 1. The number of hydrogen-bond donors (Lipinski definition) is 1. The summed E-state index contributed by atoms with van der Waals surface area (Å²) in [5.74, 6) is 1.95. The van der Waals surface area contributed by atoms with Crippen molar-refractivity contribution in [3.8, 4) is 11.4 Å². The summed E-state index contributed by atoms with van der Waals surface area (Å²) in [6.45, 7) is 7.55. The molecule has 32 heavy (non-hydrogen) atoms. The van der Waals surface area contributed by atoms with E-state index in [9.17, 15) is 0 Å². The van der Waals surface area contributed by atoms with Crippen LogP contribution in [-0.2, 0) is 11.3 Å².